The lowest BCUT2D eigenvalue weighted by atomic mass is 9.99. The monoisotopic (exact) mass is 248 g/mol. The second-order valence-electron chi connectivity index (χ2n) is 5.51. The largest absolute Gasteiger partial charge is 0.508 e. The molecule has 4 nitrogen and oxygen atoms in total. The van der Waals surface area contributed by atoms with Crippen LogP contribution in [-0.2, 0) is 0 Å². The molecule has 1 aliphatic rings. The molecule has 1 aromatic carbocycles. The van der Waals surface area contributed by atoms with E-state index in [0.29, 0.717) is 12.1 Å². The maximum absolute atomic E-state index is 12.3. The highest BCUT2D eigenvalue weighted by atomic mass is 16.3. The number of phenolic OH excluding ortho intramolecular Hbond substituents is 1. The van der Waals surface area contributed by atoms with Gasteiger partial charge in [0, 0.05) is 30.7 Å². The number of carbonyl (C=O) groups is 1. The van der Waals surface area contributed by atoms with Gasteiger partial charge in [0.2, 0.25) is 0 Å². The third kappa shape index (κ3) is 2.48. The molecule has 18 heavy (non-hydrogen) atoms. The van der Waals surface area contributed by atoms with Crippen molar-refractivity contribution in [2.75, 3.05) is 26.7 Å². The molecule has 0 aliphatic carbocycles. The summed E-state index contributed by atoms with van der Waals surface area (Å²) in [6, 6.07) is 6.54. The highest BCUT2D eigenvalue weighted by Crippen LogP contribution is 2.21. The van der Waals surface area contributed by atoms with Gasteiger partial charge in [-0.3, -0.25) is 9.69 Å². The molecule has 1 N–H and O–H groups in total. The lowest BCUT2D eigenvalue weighted by Gasteiger charge is -2.45. The Morgan fingerprint density at radius 1 is 1.33 bits per heavy atom. The minimum absolute atomic E-state index is 0.00734. The van der Waals surface area contributed by atoms with Crippen LogP contribution in [0.3, 0.4) is 0 Å². The molecule has 0 radical (unpaired) electrons. The molecule has 0 aromatic heterocycles. The van der Waals surface area contributed by atoms with E-state index >= 15 is 0 Å². The molecule has 0 saturated carbocycles. The highest BCUT2D eigenvalue weighted by Gasteiger charge is 2.33. The Morgan fingerprint density at radius 3 is 2.67 bits per heavy atom. The summed E-state index contributed by atoms with van der Waals surface area (Å²) in [6.45, 7) is 6.58. The van der Waals surface area contributed by atoms with Gasteiger partial charge < -0.3 is 10.0 Å². The number of aromatic hydroxyl groups is 1. The molecule has 0 unspecified atom stereocenters. The number of nitrogens with zero attached hydrogens (tertiary/aromatic N) is 2. The minimum Gasteiger partial charge on any atom is -0.508 e. The first-order valence-electron chi connectivity index (χ1n) is 6.20. The first-order valence-corrected chi connectivity index (χ1v) is 6.20. The zero-order valence-electron chi connectivity index (χ0n) is 11.2. The van der Waals surface area contributed by atoms with E-state index in [2.05, 4.69) is 25.8 Å². The summed E-state index contributed by atoms with van der Waals surface area (Å²) in [6.07, 6.45) is 0. The zero-order valence-corrected chi connectivity index (χ0v) is 11.2. The Hall–Kier alpha value is -1.55. The van der Waals surface area contributed by atoms with Crippen LogP contribution in [0.2, 0.25) is 0 Å². The number of amides is 1. The molecule has 2 rings (SSSR count). The normalized spacial score (nSPS) is 19.8. The van der Waals surface area contributed by atoms with E-state index in [1.165, 1.54) is 6.07 Å². The smallest absolute Gasteiger partial charge is 0.254 e. The molecular formula is C14H20N2O2. The minimum atomic E-state index is -0.00919. The lowest BCUT2D eigenvalue weighted by Crippen LogP contribution is -2.58. The van der Waals surface area contributed by atoms with Crippen molar-refractivity contribution in [2.24, 2.45) is 0 Å². The maximum Gasteiger partial charge on any atom is 0.254 e. The highest BCUT2D eigenvalue weighted by molar-refractivity contribution is 5.94. The van der Waals surface area contributed by atoms with Gasteiger partial charge >= 0.3 is 0 Å². The van der Waals surface area contributed by atoms with Gasteiger partial charge in [0.25, 0.3) is 5.91 Å². The van der Waals surface area contributed by atoms with E-state index < -0.39 is 0 Å². The second-order valence-corrected chi connectivity index (χ2v) is 5.51. The topological polar surface area (TPSA) is 43.8 Å². The van der Waals surface area contributed by atoms with Crippen LogP contribution in [-0.4, -0.2) is 53.0 Å². The average molecular weight is 248 g/mol. The van der Waals surface area contributed by atoms with E-state index in [4.69, 9.17) is 0 Å². The van der Waals surface area contributed by atoms with E-state index in [1.54, 1.807) is 18.2 Å². The summed E-state index contributed by atoms with van der Waals surface area (Å²) in [5.74, 6) is 0.126. The Kier molecular flexibility index (Phi) is 3.30. The van der Waals surface area contributed by atoms with Crippen molar-refractivity contribution in [2.45, 2.75) is 19.4 Å². The predicted molar refractivity (Wildman–Crippen MR) is 70.7 cm³/mol. The SMILES string of the molecule is CN1CCN(C(=O)c2cccc(O)c2)CC1(C)C. The fourth-order valence-corrected chi connectivity index (χ4v) is 2.24. The van der Waals surface area contributed by atoms with Crippen molar-refractivity contribution in [3.8, 4) is 5.75 Å². The van der Waals surface area contributed by atoms with Gasteiger partial charge in [0.15, 0.2) is 0 Å². The fourth-order valence-electron chi connectivity index (χ4n) is 2.24. The molecule has 1 aromatic rings. The van der Waals surface area contributed by atoms with E-state index in [1.807, 2.05) is 4.90 Å². The number of carbonyl (C=O) groups excluding carboxylic acids is 1. The van der Waals surface area contributed by atoms with Gasteiger partial charge in [-0.05, 0) is 39.1 Å². The van der Waals surface area contributed by atoms with Gasteiger partial charge in [-0.1, -0.05) is 6.07 Å². The molecule has 0 spiro atoms. The zero-order chi connectivity index (χ0) is 13.3. The molecule has 1 heterocycles. The molecule has 1 amide bonds. The number of benzene rings is 1. The molecule has 98 valence electrons. The summed E-state index contributed by atoms with van der Waals surface area (Å²) in [5, 5.41) is 9.43. The Balaban J connectivity index is 2.15. The Bertz CT molecular complexity index is 457. The molecule has 1 saturated heterocycles. The van der Waals surface area contributed by atoms with Crippen molar-refractivity contribution in [1.82, 2.24) is 9.80 Å². The van der Waals surface area contributed by atoms with Gasteiger partial charge in [-0.2, -0.15) is 0 Å². The average Bonchev–Trinajstić information content (AvgIpc) is 2.31. The van der Waals surface area contributed by atoms with Crippen LogP contribution < -0.4 is 0 Å². The predicted octanol–water partition coefficient (Wildman–Crippen LogP) is 1.56. The number of rotatable bonds is 1. The van der Waals surface area contributed by atoms with Gasteiger partial charge in [0.05, 0.1) is 0 Å². The first kappa shape index (κ1) is 12.9. The van der Waals surface area contributed by atoms with Crippen molar-refractivity contribution in [1.29, 1.82) is 0 Å². The Morgan fingerprint density at radius 2 is 2.06 bits per heavy atom. The van der Waals surface area contributed by atoms with Crippen LogP contribution >= 0.6 is 0 Å². The number of hydrogen-bond donors (Lipinski definition) is 1. The van der Waals surface area contributed by atoms with Gasteiger partial charge in [-0.25, -0.2) is 0 Å². The molecule has 4 heteroatoms. The summed E-state index contributed by atoms with van der Waals surface area (Å²) < 4.78 is 0. The summed E-state index contributed by atoms with van der Waals surface area (Å²) in [4.78, 5) is 16.5. The van der Waals surface area contributed by atoms with Crippen molar-refractivity contribution < 1.29 is 9.90 Å². The standard InChI is InChI=1S/C14H20N2O2/c1-14(2)10-16(8-7-15(14)3)13(18)11-5-4-6-12(17)9-11/h4-6,9,17H,7-8,10H2,1-3H3. The number of likely N-dealkylation sites (N-methyl/N-ethyl adjacent to an activating group) is 1. The number of hydrogen-bond acceptors (Lipinski definition) is 3. The molecule has 0 atom stereocenters. The molecule has 1 aliphatic heterocycles. The summed E-state index contributed by atoms with van der Waals surface area (Å²) in [5.41, 5.74) is 0.542. The summed E-state index contributed by atoms with van der Waals surface area (Å²) >= 11 is 0. The molecular weight excluding hydrogens is 228 g/mol. The van der Waals surface area contributed by atoms with Crippen molar-refractivity contribution >= 4 is 5.91 Å². The molecule has 1 fully saturated rings. The maximum atomic E-state index is 12.3. The third-order valence-corrected chi connectivity index (χ3v) is 3.70. The van der Waals surface area contributed by atoms with Crippen LogP contribution in [0.1, 0.15) is 24.2 Å². The van der Waals surface area contributed by atoms with Crippen LogP contribution in [0.5, 0.6) is 5.75 Å². The van der Waals surface area contributed by atoms with E-state index in [-0.39, 0.29) is 17.2 Å². The lowest BCUT2D eigenvalue weighted by molar-refractivity contribution is 0.0311. The van der Waals surface area contributed by atoms with E-state index in [9.17, 15) is 9.90 Å². The quantitative estimate of drug-likeness (QED) is 0.820. The van der Waals surface area contributed by atoms with Crippen LogP contribution in [0.15, 0.2) is 24.3 Å². The number of piperazine rings is 1. The van der Waals surface area contributed by atoms with Crippen molar-refractivity contribution in [3.63, 3.8) is 0 Å². The third-order valence-electron chi connectivity index (χ3n) is 3.70. The fraction of sp³-hybridized carbons (Fsp3) is 0.500. The van der Waals surface area contributed by atoms with Crippen LogP contribution in [0.25, 0.3) is 0 Å². The summed E-state index contributed by atoms with van der Waals surface area (Å²) in [7, 11) is 2.08. The van der Waals surface area contributed by atoms with E-state index in [0.717, 1.165) is 13.1 Å². The van der Waals surface area contributed by atoms with Crippen LogP contribution in [0.4, 0.5) is 0 Å². The molecule has 0 bridgehead atoms. The second kappa shape index (κ2) is 4.61. The first-order chi connectivity index (χ1) is 8.40. The van der Waals surface area contributed by atoms with Gasteiger partial charge in [-0.15, -0.1) is 0 Å². The number of phenols is 1. The van der Waals surface area contributed by atoms with Crippen LogP contribution in [0, 0.1) is 0 Å². The van der Waals surface area contributed by atoms with Gasteiger partial charge in [0.1, 0.15) is 5.75 Å². The Labute approximate surface area is 108 Å². The van der Waals surface area contributed by atoms with Crippen molar-refractivity contribution in [3.05, 3.63) is 29.8 Å².